The molecule has 0 fully saturated rings. The summed E-state index contributed by atoms with van der Waals surface area (Å²) in [6, 6.07) is 2.11. The average molecular weight is 427 g/mol. The highest BCUT2D eigenvalue weighted by molar-refractivity contribution is 14.0. The van der Waals surface area contributed by atoms with Gasteiger partial charge in [-0.3, -0.25) is 4.99 Å². The lowest BCUT2D eigenvalue weighted by molar-refractivity contribution is 0.0689. The number of thiophene rings is 1. The van der Waals surface area contributed by atoms with Crippen LogP contribution < -0.4 is 10.6 Å². The molecule has 21 heavy (non-hydrogen) atoms. The molecule has 0 aliphatic rings. The summed E-state index contributed by atoms with van der Waals surface area (Å²) in [7, 11) is 3.47. The maximum absolute atomic E-state index is 5.41. The second-order valence-corrected chi connectivity index (χ2v) is 5.08. The summed E-state index contributed by atoms with van der Waals surface area (Å²) < 4.78 is 10.3. The van der Waals surface area contributed by atoms with Crippen LogP contribution in [0.4, 0.5) is 0 Å². The fourth-order valence-electron chi connectivity index (χ4n) is 1.58. The second kappa shape index (κ2) is 14.6. The van der Waals surface area contributed by atoms with Crippen molar-refractivity contribution in [2.45, 2.75) is 19.4 Å². The molecule has 5 nitrogen and oxygen atoms in total. The van der Waals surface area contributed by atoms with E-state index in [0.29, 0.717) is 13.2 Å². The van der Waals surface area contributed by atoms with Crippen LogP contribution in [0.15, 0.2) is 21.8 Å². The van der Waals surface area contributed by atoms with Crippen molar-refractivity contribution < 1.29 is 9.47 Å². The molecular formula is C14H26IN3O2S. The molecule has 0 aromatic carbocycles. The van der Waals surface area contributed by atoms with E-state index in [1.165, 1.54) is 5.56 Å². The summed E-state index contributed by atoms with van der Waals surface area (Å²) in [5, 5.41) is 10.8. The third kappa shape index (κ3) is 10.9. The number of nitrogens with one attached hydrogen (secondary N) is 2. The molecule has 0 unspecified atom stereocenters. The van der Waals surface area contributed by atoms with Gasteiger partial charge in [0.2, 0.25) is 0 Å². The lowest BCUT2D eigenvalue weighted by Crippen LogP contribution is -2.37. The maximum Gasteiger partial charge on any atom is 0.191 e. The summed E-state index contributed by atoms with van der Waals surface area (Å²) >= 11 is 1.71. The molecule has 0 spiro atoms. The van der Waals surface area contributed by atoms with E-state index in [1.54, 1.807) is 25.5 Å². The average Bonchev–Trinajstić information content (AvgIpc) is 2.98. The number of rotatable bonds is 10. The minimum absolute atomic E-state index is 0. The summed E-state index contributed by atoms with van der Waals surface area (Å²) in [4.78, 5) is 4.20. The van der Waals surface area contributed by atoms with Gasteiger partial charge in [0.1, 0.15) is 0 Å². The Morgan fingerprint density at radius 2 is 2.10 bits per heavy atom. The van der Waals surface area contributed by atoms with Crippen LogP contribution in [0.5, 0.6) is 0 Å². The molecule has 122 valence electrons. The van der Waals surface area contributed by atoms with Gasteiger partial charge in [-0.2, -0.15) is 11.3 Å². The molecule has 0 atom stereocenters. The predicted octanol–water partition coefficient (Wildman–Crippen LogP) is 2.47. The van der Waals surface area contributed by atoms with E-state index in [2.05, 4.69) is 32.5 Å². The molecule has 0 radical (unpaired) electrons. The standard InChI is InChI=1S/C14H25N3O2S.HI/c1-15-14(17-11-13-5-10-20-12-13)16-6-3-4-7-19-9-8-18-2;/h5,10,12H,3-4,6-9,11H2,1-2H3,(H2,15,16,17);1H. The highest BCUT2D eigenvalue weighted by Gasteiger charge is 1.98. The first-order valence-electron chi connectivity index (χ1n) is 6.89. The Kier molecular flexibility index (Phi) is 14.3. The molecule has 7 heteroatoms. The molecule has 2 N–H and O–H groups in total. The number of hydrogen-bond donors (Lipinski definition) is 2. The normalized spacial score (nSPS) is 11.0. The molecule has 1 heterocycles. The summed E-state index contributed by atoms with van der Waals surface area (Å²) in [6.07, 6.45) is 2.10. The predicted molar refractivity (Wildman–Crippen MR) is 99.9 cm³/mol. The molecule has 0 aliphatic heterocycles. The van der Waals surface area contributed by atoms with E-state index in [0.717, 1.165) is 38.5 Å². The minimum atomic E-state index is 0. The number of guanidine groups is 1. The van der Waals surface area contributed by atoms with Crippen LogP contribution in [0.3, 0.4) is 0 Å². The number of aliphatic imine (C=N–C) groups is 1. The fourth-order valence-corrected chi connectivity index (χ4v) is 2.25. The fraction of sp³-hybridized carbons (Fsp3) is 0.643. The summed E-state index contributed by atoms with van der Waals surface area (Å²) in [6.45, 7) is 3.83. The Balaban J connectivity index is 0.00000400. The minimum Gasteiger partial charge on any atom is -0.382 e. The van der Waals surface area contributed by atoms with Gasteiger partial charge in [-0.1, -0.05) is 0 Å². The topological polar surface area (TPSA) is 54.9 Å². The van der Waals surface area contributed by atoms with E-state index in [1.807, 2.05) is 0 Å². The maximum atomic E-state index is 5.41. The number of halogens is 1. The van der Waals surface area contributed by atoms with Crippen LogP contribution in [-0.2, 0) is 16.0 Å². The van der Waals surface area contributed by atoms with E-state index < -0.39 is 0 Å². The highest BCUT2D eigenvalue weighted by atomic mass is 127. The molecule has 0 saturated carbocycles. The monoisotopic (exact) mass is 427 g/mol. The number of ether oxygens (including phenoxy) is 2. The van der Waals surface area contributed by atoms with Crippen molar-refractivity contribution in [3.8, 4) is 0 Å². The van der Waals surface area contributed by atoms with Gasteiger partial charge in [0, 0.05) is 33.9 Å². The zero-order valence-electron chi connectivity index (χ0n) is 12.8. The molecule has 0 amide bonds. The quantitative estimate of drug-likeness (QED) is 0.261. The first kappa shape index (κ1) is 20.6. The molecule has 0 aliphatic carbocycles. The SMILES string of the molecule is CN=C(NCCCCOCCOC)NCc1ccsc1.I. The van der Waals surface area contributed by atoms with Crippen molar-refractivity contribution in [1.82, 2.24) is 10.6 Å². The number of unbranched alkanes of at least 4 members (excludes halogenated alkanes) is 1. The Hall–Kier alpha value is -0.380. The van der Waals surface area contributed by atoms with Crippen molar-refractivity contribution in [3.63, 3.8) is 0 Å². The third-order valence-electron chi connectivity index (χ3n) is 2.70. The van der Waals surface area contributed by atoms with Crippen molar-refractivity contribution in [3.05, 3.63) is 22.4 Å². The van der Waals surface area contributed by atoms with E-state index >= 15 is 0 Å². The van der Waals surface area contributed by atoms with Gasteiger partial charge in [0.05, 0.1) is 13.2 Å². The van der Waals surface area contributed by atoms with Gasteiger partial charge in [0.15, 0.2) is 5.96 Å². The van der Waals surface area contributed by atoms with Crippen molar-refractivity contribution >= 4 is 41.3 Å². The van der Waals surface area contributed by atoms with Crippen LogP contribution in [-0.4, -0.2) is 46.5 Å². The van der Waals surface area contributed by atoms with Crippen LogP contribution >= 0.6 is 35.3 Å². The molecule has 1 rings (SSSR count). The van der Waals surface area contributed by atoms with Crippen molar-refractivity contribution in [2.24, 2.45) is 4.99 Å². The van der Waals surface area contributed by atoms with Crippen LogP contribution in [0.25, 0.3) is 0 Å². The Morgan fingerprint density at radius 1 is 1.24 bits per heavy atom. The van der Waals surface area contributed by atoms with Crippen LogP contribution in [0.2, 0.25) is 0 Å². The Bertz CT molecular complexity index is 361. The van der Waals surface area contributed by atoms with Crippen LogP contribution in [0, 0.1) is 0 Å². The van der Waals surface area contributed by atoms with Crippen LogP contribution in [0.1, 0.15) is 18.4 Å². The smallest absolute Gasteiger partial charge is 0.191 e. The molecule has 1 aromatic heterocycles. The number of methoxy groups -OCH3 is 1. The molecule has 1 aromatic rings. The lowest BCUT2D eigenvalue weighted by Gasteiger charge is -2.11. The molecular weight excluding hydrogens is 401 g/mol. The van der Waals surface area contributed by atoms with Gasteiger partial charge in [-0.05, 0) is 35.2 Å². The van der Waals surface area contributed by atoms with E-state index in [-0.39, 0.29) is 24.0 Å². The Labute approximate surface area is 148 Å². The first-order valence-corrected chi connectivity index (χ1v) is 7.83. The van der Waals surface area contributed by atoms with E-state index in [9.17, 15) is 0 Å². The Morgan fingerprint density at radius 3 is 2.76 bits per heavy atom. The highest BCUT2D eigenvalue weighted by Crippen LogP contribution is 2.04. The molecule has 0 bridgehead atoms. The zero-order valence-corrected chi connectivity index (χ0v) is 15.9. The van der Waals surface area contributed by atoms with Crippen molar-refractivity contribution in [2.75, 3.05) is 40.5 Å². The van der Waals surface area contributed by atoms with Gasteiger partial charge in [-0.15, -0.1) is 24.0 Å². The lowest BCUT2D eigenvalue weighted by atomic mass is 10.3. The second-order valence-electron chi connectivity index (χ2n) is 4.30. The number of nitrogens with zero attached hydrogens (tertiary/aromatic N) is 1. The molecule has 0 saturated heterocycles. The third-order valence-corrected chi connectivity index (χ3v) is 3.44. The number of hydrogen-bond acceptors (Lipinski definition) is 4. The van der Waals surface area contributed by atoms with E-state index in [4.69, 9.17) is 9.47 Å². The summed E-state index contributed by atoms with van der Waals surface area (Å²) in [5.74, 6) is 0.844. The largest absolute Gasteiger partial charge is 0.382 e. The summed E-state index contributed by atoms with van der Waals surface area (Å²) in [5.41, 5.74) is 1.28. The van der Waals surface area contributed by atoms with Gasteiger partial charge in [-0.25, -0.2) is 0 Å². The van der Waals surface area contributed by atoms with Gasteiger partial charge in [0.25, 0.3) is 0 Å². The van der Waals surface area contributed by atoms with Crippen molar-refractivity contribution in [1.29, 1.82) is 0 Å². The van der Waals surface area contributed by atoms with Gasteiger partial charge < -0.3 is 20.1 Å². The van der Waals surface area contributed by atoms with Gasteiger partial charge >= 0.3 is 0 Å². The first-order chi connectivity index (χ1) is 9.86. The zero-order chi connectivity index (χ0) is 14.5.